The second-order valence-corrected chi connectivity index (χ2v) is 6.17. The Morgan fingerprint density at radius 1 is 1.00 bits per heavy atom. The van der Waals surface area contributed by atoms with Gasteiger partial charge in [-0.3, -0.25) is 0 Å². The molecule has 0 amide bonds. The molecular formula is C15H17ClNS+. The molecule has 0 heterocycles. The van der Waals surface area contributed by atoms with E-state index >= 15 is 0 Å². The molecule has 0 spiro atoms. The van der Waals surface area contributed by atoms with Crippen molar-refractivity contribution >= 4 is 23.4 Å². The molecule has 0 atom stereocenters. The lowest BCUT2D eigenvalue weighted by molar-refractivity contribution is -0.872. The van der Waals surface area contributed by atoms with Gasteiger partial charge in [0.2, 0.25) is 0 Å². The topological polar surface area (TPSA) is 4.44 Å². The third-order valence-electron chi connectivity index (χ3n) is 2.51. The van der Waals surface area contributed by atoms with E-state index < -0.39 is 0 Å². The van der Waals surface area contributed by atoms with Crippen LogP contribution < -0.4 is 4.90 Å². The zero-order valence-corrected chi connectivity index (χ0v) is 12.2. The minimum atomic E-state index is 0.785. The predicted molar refractivity (Wildman–Crippen MR) is 78.5 cm³/mol. The number of benzene rings is 2. The van der Waals surface area contributed by atoms with Crippen molar-refractivity contribution in [3.05, 3.63) is 59.1 Å². The van der Waals surface area contributed by atoms with Crippen LogP contribution in [0.4, 0.5) is 0 Å². The van der Waals surface area contributed by atoms with Crippen LogP contribution in [-0.4, -0.2) is 14.1 Å². The van der Waals surface area contributed by atoms with Gasteiger partial charge < -0.3 is 4.90 Å². The van der Waals surface area contributed by atoms with Crippen molar-refractivity contribution in [1.82, 2.24) is 0 Å². The van der Waals surface area contributed by atoms with Crippen molar-refractivity contribution in [2.24, 2.45) is 0 Å². The molecule has 0 radical (unpaired) electrons. The minimum Gasteiger partial charge on any atom is -0.336 e. The van der Waals surface area contributed by atoms with Gasteiger partial charge in [0.05, 0.1) is 14.1 Å². The van der Waals surface area contributed by atoms with Gasteiger partial charge in [-0.2, -0.15) is 0 Å². The van der Waals surface area contributed by atoms with Crippen molar-refractivity contribution in [2.75, 3.05) is 14.1 Å². The van der Waals surface area contributed by atoms with E-state index in [2.05, 4.69) is 44.4 Å². The van der Waals surface area contributed by atoms with E-state index in [4.69, 9.17) is 11.6 Å². The van der Waals surface area contributed by atoms with Gasteiger partial charge in [0.25, 0.3) is 0 Å². The predicted octanol–water partition coefficient (Wildman–Crippen LogP) is 3.14. The zero-order valence-electron chi connectivity index (χ0n) is 10.6. The second-order valence-electron chi connectivity index (χ2n) is 4.59. The highest BCUT2D eigenvalue weighted by Crippen LogP contribution is 2.29. The molecule has 1 nitrogen and oxygen atoms in total. The molecule has 94 valence electrons. The van der Waals surface area contributed by atoms with Gasteiger partial charge in [-0.1, -0.05) is 41.6 Å². The van der Waals surface area contributed by atoms with Crippen LogP contribution in [0.3, 0.4) is 0 Å². The number of hydrogen-bond donors (Lipinski definition) is 1. The molecule has 0 aliphatic rings. The molecule has 2 rings (SSSR count). The van der Waals surface area contributed by atoms with Gasteiger partial charge in [0.1, 0.15) is 6.54 Å². The molecule has 0 aliphatic carbocycles. The Morgan fingerprint density at radius 2 is 1.72 bits per heavy atom. The van der Waals surface area contributed by atoms with Crippen LogP contribution in [0.15, 0.2) is 58.3 Å². The van der Waals surface area contributed by atoms with Crippen LogP contribution in [0.2, 0.25) is 5.02 Å². The molecule has 1 N–H and O–H groups in total. The molecule has 0 unspecified atom stereocenters. The molecule has 2 aromatic rings. The average molecular weight is 279 g/mol. The summed E-state index contributed by atoms with van der Waals surface area (Å²) in [6.45, 7) is 1.06. The highest BCUT2D eigenvalue weighted by molar-refractivity contribution is 7.99. The molecule has 0 aromatic heterocycles. The van der Waals surface area contributed by atoms with E-state index in [1.807, 2.05) is 18.2 Å². The Hall–Kier alpha value is -0.960. The van der Waals surface area contributed by atoms with Crippen LogP contribution in [-0.2, 0) is 6.54 Å². The second kappa shape index (κ2) is 6.28. The lowest BCUT2D eigenvalue weighted by Gasteiger charge is -2.08. The third-order valence-corrected chi connectivity index (χ3v) is 3.75. The lowest BCUT2D eigenvalue weighted by atomic mass is 10.2. The molecule has 0 fully saturated rings. The lowest BCUT2D eigenvalue weighted by Crippen LogP contribution is -3.04. The van der Waals surface area contributed by atoms with Gasteiger partial charge in [0, 0.05) is 20.4 Å². The van der Waals surface area contributed by atoms with E-state index in [1.165, 1.54) is 20.3 Å². The summed E-state index contributed by atoms with van der Waals surface area (Å²) in [6, 6.07) is 16.7. The Morgan fingerprint density at radius 3 is 2.33 bits per heavy atom. The van der Waals surface area contributed by atoms with E-state index in [-0.39, 0.29) is 0 Å². The van der Waals surface area contributed by atoms with E-state index in [0.717, 1.165) is 11.6 Å². The van der Waals surface area contributed by atoms with Gasteiger partial charge in [0.15, 0.2) is 0 Å². The Kier molecular flexibility index (Phi) is 4.70. The molecule has 18 heavy (non-hydrogen) atoms. The van der Waals surface area contributed by atoms with Gasteiger partial charge in [-0.25, -0.2) is 0 Å². The quantitative estimate of drug-likeness (QED) is 0.900. The van der Waals surface area contributed by atoms with Crippen LogP contribution in [0.1, 0.15) is 5.56 Å². The fraction of sp³-hybridized carbons (Fsp3) is 0.200. The number of halogens is 1. The fourth-order valence-electron chi connectivity index (χ4n) is 1.75. The first-order chi connectivity index (χ1) is 8.63. The normalized spacial score (nSPS) is 10.9. The number of nitrogens with one attached hydrogen (secondary N) is 1. The average Bonchev–Trinajstić information content (AvgIpc) is 2.31. The SMILES string of the molecule is C[NH+](C)Cc1ccc(Sc2cccc(Cl)c2)cc1. The maximum absolute atomic E-state index is 5.98. The molecule has 0 aliphatic heterocycles. The van der Waals surface area contributed by atoms with E-state index in [1.54, 1.807) is 11.8 Å². The molecule has 0 bridgehead atoms. The zero-order chi connectivity index (χ0) is 13.0. The maximum Gasteiger partial charge on any atom is 0.102 e. The number of quaternary nitrogens is 1. The minimum absolute atomic E-state index is 0.785. The van der Waals surface area contributed by atoms with Crippen LogP contribution in [0.25, 0.3) is 0 Å². The summed E-state index contributed by atoms with van der Waals surface area (Å²) in [5.41, 5.74) is 1.37. The molecule has 0 saturated carbocycles. The number of hydrogen-bond acceptors (Lipinski definition) is 1. The first-order valence-corrected chi connectivity index (χ1v) is 7.14. The van der Waals surface area contributed by atoms with E-state index in [0.29, 0.717) is 0 Å². The first kappa shape index (κ1) is 13.5. The summed E-state index contributed by atoms with van der Waals surface area (Å²) in [5.74, 6) is 0. The van der Waals surface area contributed by atoms with Crippen molar-refractivity contribution in [2.45, 2.75) is 16.3 Å². The molecule has 2 aromatic carbocycles. The molecule has 3 heteroatoms. The smallest absolute Gasteiger partial charge is 0.102 e. The summed E-state index contributed by atoms with van der Waals surface area (Å²) in [6.07, 6.45) is 0. The van der Waals surface area contributed by atoms with Crippen LogP contribution in [0, 0.1) is 0 Å². The van der Waals surface area contributed by atoms with Gasteiger partial charge in [-0.15, -0.1) is 0 Å². The third kappa shape index (κ3) is 4.05. The highest BCUT2D eigenvalue weighted by atomic mass is 35.5. The molecular weight excluding hydrogens is 262 g/mol. The first-order valence-electron chi connectivity index (χ1n) is 5.95. The van der Waals surface area contributed by atoms with Crippen molar-refractivity contribution in [1.29, 1.82) is 0 Å². The summed E-state index contributed by atoms with van der Waals surface area (Å²) < 4.78 is 0. The molecule has 0 saturated heterocycles. The fourth-order valence-corrected chi connectivity index (χ4v) is 2.88. The van der Waals surface area contributed by atoms with Crippen molar-refractivity contribution in [3.8, 4) is 0 Å². The van der Waals surface area contributed by atoms with Crippen molar-refractivity contribution < 1.29 is 4.90 Å². The summed E-state index contributed by atoms with van der Waals surface area (Å²) in [5, 5.41) is 0.785. The number of rotatable bonds is 4. The summed E-state index contributed by atoms with van der Waals surface area (Å²) in [7, 11) is 4.32. The Balaban J connectivity index is 2.06. The van der Waals surface area contributed by atoms with E-state index in [9.17, 15) is 0 Å². The standard InChI is InChI=1S/C15H16ClNS/c1-17(2)11-12-6-8-14(9-7-12)18-15-5-3-4-13(16)10-15/h3-10H,11H2,1-2H3/p+1. The van der Waals surface area contributed by atoms with Crippen LogP contribution >= 0.6 is 23.4 Å². The monoisotopic (exact) mass is 278 g/mol. The summed E-state index contributed by atoms with van der Waals surface area (Å²) in [4.78, 5) is 3.86. The summed E-state index contributed by atoms with van der Waals surface area (Å²) >= 11 is 7.72. The Labute approximate surface area is 118 Å². The van der Waals surface area contributed by atoms with Crippen LogP contribution in [0.5, 0.6) is 0 Å². The maximum atomic E-state index is 5.98. The largest absolute Gasteiger partial charge is 0.336 e. The van der Waals surface area contributed by atoms with Gasteiger partial charge >= 0.3 is 0 Å². The van der Waals surface area contributed by atoms with Gasteiger partial charge in [-0.05, 0) is 30.3 Å². The highest BCUT2D eigenvalue weighted by Gasteiger charge is 2.01. The Bertz CT molecular complexity index is 508. The van der Waals surface area contributed by atoms with Crippen molar-refractivity contribution in [3.63, 3.8) is 0 Å².